The number of hydrogen-bond donors (Lipinski definition) is 2. The third kappa shape index (κ3) is 2.13. The summed E-state index contributed by atoms with van der Waals surface area (Å²) in [5.41, 5.74) is 6.27. The first-order valence-corrected chi connectivity index (χ1v) is 7.64. The lowest BCUT2D eigenvalue weighted by molar-refractivity contribution is 0.954. The summed E-state index contributed by atoms with van der Waals surface area (Å²) in [6.07, 6.45) is 3.64. The Kier molecular flexibility index (Phi) is 3.06. The smallest absolute Gasteiger partial charge is 0.223 e. The van der Waals surface area contributed by atoms with E-state index < -0.39 is 0 Å². The number of fused-ring (bicyclic) bond motifs is 1. The fourth-order valence-electron chi connectivity index (χ4n) is 1.31. The number of aromatic amines is 1. The van der Waals surface area contributed by atoms with Gasteiger partial charge in [0, 0.05) is 0 Å². The Balaban J connectivity index is 2.00. The van der Waals surface area contributed by atoms with E-state index >= 15 is 0 Å². The molecule has 3 aromatic rings. The Hall–Kier alpha value is -1.39. The normalized spacial score (nSPS) is 11.2. The van der Waals surface area contributed by atoms with Crippen molar-refractivity contribution in [2.75, 3.05) is 12.0 Å². The number of hydrogen-bond acceptors (Lipinski definition) is 9. The van der Waals surface area contributed by atoms with Gasteiger partial charge in [-0.15, -0.1) is 10.2 Å². The average Bonchev–Trinajstić information content (AvgIpc) is 2.97. The fraction of sp³-hybridized carbons (Fsp3) is 0.125. The van der Waals surface area contributed by atoms with Crippen molar-refractivity contribution in [2.24, 2.45) is 0 Å². The number of nitrogens with zero attached hydrogens (tertiary/aromatic N) is 5. The highest BCUT2D eigenvalue weighted by Crippen LogP contribution is 2.34. The third-order valence-electron chi connectivity index (χ3n) is 2.04. The van der Waals surface area contributed by atoms with Gasteiger partial charge in [0.25, 0.3) is 0 Å². The van der Waals surface area contributed by atoms with Gasteiger partial charge in [0.15, 0.2) is 14.3 Å². The van der Waals surface area contributed by atoms with Crippen LogP contribution in [0.15, 0.2) is 19.9 Å². The largest absolute Gasteiger partial charge is 0.368 e. The van der Waals surface area contributed by atoms with E-state index in [1.54, 1.807) is 18.0 Å². The van der Waals surface area contributed by atoms with Crippen LogP contribution in [-0.4, -0.2) is 36.6 Å². The van der Waals surface area contributed by atoms with Crippen molar-refractivity contribution < 1.29 is 0 Å². The molecular formula is C8H7N7S3. The van der Waals surface area contributed by atoms with Gasteiger partial charge in [0.2, 0.25) is 5.95 Å². The molecular weight excluding hydrogens is 290 g/mol. The molecule has 0 aliphatic rings. The molecule has 0 aromatic carbocycles. The molecule has 0 atom stereocenters. The molecule has 0 saturated carbocycles. The van der Waals surface area contributed by atoms with Crippen molar-refractivity contribution in [3.05, 3.63) is 6.20 Å². The predicted molar refractivity (Wildman–Crippen MR) is 71.9 cm³/mol. The molecule has 18 heavy (non-hydrogen) atoms. The van der Waals surface area contributed by atoms with E-state index in [4.69, 9.17) is 5.73 Å². The minimum absolute atomic E-state index is 0.212. The average molecular weight is 297 g/mol. The summed E-state index contributed by atoms with van der Waals surface area (Å²) < 4.78 is 1.74. The molecule has 0 amide bonds. The number of nitrogen functional groups attached to an aromatic ring is 1. The Labute approximate surface area is 114 Å². The van der Waals surface area contributed by atoms with E-state index in [0.29, 0.717) is 5.65 Å². The van der Waals surface area contributed by atoms with Crippen LogP contribution in [0.1, 0.15) is 0 Å². The molecule has 0 spiro atoms. The maximum Gasteiger partial charge on any atom is 0.223 e. The summed E-state index contributed by atoms with van der Waals surface area (Å²) in [5, 5.41) is 16.4. The molecule has 3 aromatic heterocycles. The molecule has 7 nitrogen and oxygen atoms in total. The molecule has 0 bridgehead atoms. The van der Waals surface area contributed by atoms with Crippen LogP contribution in [0, 0.1) is 0 Å². The first kappa shape index (κ1) is 11.7. The van der Waals surface area contributed by atoms with Gasteiger partial charge >= 0.3 is 0 Å². The van der Waals surface area contributed by atoms with Crippen molar-refractivity contribution in [3.8, 4) is 0 Å². The zero-order valence-electron chi connectivity index (χ0n) is 9.12. The number of nitrogens with two attached hydrogens (primary N) is 1. The molecule has 3 heterocycles. The van der Waals surface area contributed by atoms with Crippen LogP contribution in [-0.2, 0) is 0 Å². The monoisotopic (exact) mass is 297 g/mol. The number of anilines is 1. The topological polar surface area (TPSA) is 106 Å². The van der Waals surface area contributed by atoms with Gasteiger partial charge in [-0.1, -0.05) is 23.1 Å². The van der Waals surface area contributed by atoms with Crippen LogP contribution in [0.5, 0.6) is 0 Å². The number of nitrogens with one attached hydrogen (secondary N) is 1. The highest BCUT2D eigenvalue weighted by Gasteiger charge is 2.12. The van der Waals surface area contributed by atoms with Crippen molar-refractivity contribution in [1.29, 1.82) is 0 Å². The van der Waals surface area contributed by atoms with E-state index in [2.05, 4.69) is 30.4 Å². The predicted octanol–water partition coefficient (Wildman–Crippen LogP) is 1.66. The van der Waals surface area contributed by atoms with E-state index in [0.717, 1.165) is 19.1 Å². The van der Waals surface area contributed by atoms with Crippen LogP contribution in [0.25, 0.3) is 11.0 Å². The van der Waals surface area contributed by atoms with Gasteiger partial charge in [-0.2, -0.15) is 10.1 Å². The van der Waals surface area contributed by atoms with Crippen LogP contribution >= 0.6 is 34.9 Å². The molecule has 0 aliphatic heterocycles. The number of aromatic nitrogens is 6. The van der Waals surface area contributed by atoms with Gasteiger partial charge in [0.1, 0.15) is 5.03 Å². The second-order valence-corrected chi connectivity index (χ2v) is 6.43. The van der Waals surface area contributed by atoms with Gasteiger partial charge in [-0.3, -0.25) is 5.10 Å². The fourth-order valence-corrected chi connectivity index (χ4v) is 3.76. The molecule has 0 saturated heterocycles. The molecule has 0 unspecified atom stereocenters. The number of thioether (sulfide) groups is 1. The molecule has 0 radical (unpaired) electrons. The van der Waals surface area contributed by atoms with Gasteiger partial charge < -0.3 is 5.73 Å². The maximum atomic E-state index is 5.65. The summed E-state index contributed by atoms with van der Waals surface area (Å²) in [4.78, 5) is 8.26. The Morgan fingerprint density at radius 3 is 2.89 bits per heavy atom. The lowest BCUT2D eigenvalue weighted by Gasteiger charge is -1.99. The molecule has 3 N–H and O–H groups in total. The van der Waals surface area contributed by atoms with E-state index in [1.807, 2.05) is 6.26 Å². The number of H-pyrrole nitrogens is 1. The summed E-state index contributed by atoms with van der Waals surface area (Å²) in [6.45, 7) is 0. The summed E-state index contributed by atoms with van der Waals surface area (Å²) in [6, 6.07) is 0. The summed E-state index contributed by atoms with van der Waals surface area (Å²) >= 11 is 4.49. The second kappa shape index (κ2) is 4.71. The Morgan fingerprint density at radius 1 is 1.28 bits per heavy atom. The van der Waals surface area contributed by atoms with Crippen molar-refractivity contribution >= 4 is 51.8 Å². The SMILES string of the molecule is CSc1nnc(Sc2nc(N)nc3[nH]ncc23)s1. The van der Waals surface area contributed by atoms with E-state index in [9.17, 15) is 0 Å². The highest BCUT2D eigenvalue weighted by atomic mass is 32.2. The highest BCUT2D eigenvalue weighted by molar-refractivity contribution is 8.03. The quantitative estimate of drug-likeness (QED) is 0.555. The Morgan fingerprint density at radius 2 is 2.11 bits per heavy atom. The van der Waals surface area contributed by atoms with Gasteiger partial charge in [0.05, 0.1) is 11.6 Å². The third-order valence-corrected chi connectivity index (χ3v) is 4.99. The first-order valence-electron chi connectivity index (χ1n) is 4.78. The van der Waals surface area contributed by atoms with Crippen LogP contribution in [0.3, 0.4) is 0 Å². The van der Waals surface area contributed by atoms with Crippen molar-refractivity contribution in [2.45, 2.75) is 13.7 Å². The van der Waals surface area contributed by atoms with E-state index in [-0.39, 0.29) is 5.95 Å². The van der Waals surface area contributed by atoms with Gasteiger partial charge in [-0.25, -0.2) is 4.98 Å². The van der Waals surface area contributed by atoms with Crippen molar-refractivity contribution in [1.82, 2.24) is 30.4 Å². The number of rotatable bonds is 3. The molecule has 3 rings (SSSR count). The zero-order valence-corrected chi connectivity index (χ0v) is 11.6. The standard InChI is InChI=1S/C8H7N7S3/c1-16-7-14-15-8(18-7)17-5-3-2-10-13-4(3)11-6(9)12-5/h2H,1H3,(H3,9,10,11,12,13). The second-order valence-electron chi connectivity index (χ2n) is 3.16. The molecule has 92 valence electrons. The lowest BCUT2D eigenvalue weighted by atomic mass is 10.4. The van der Waals surface area contributed by atoms with Crippen LogP contribution in [0.4, 0.5) is 5.95 Å². The van der Waals surface area contributed by atoms with Crippen LogP contribution < -0.4 is 5.73 Å². The minimum Gasteiger partial charge on any atom is -0.368 e. The van der Waals surface area contributed by atoms with Crippen LogP contribution in [0.2, 0.25) is 0 Å². The Bertz CT molecular complexity index is 691. The van der Waals surface area contributed by atoms with Crippen molar-refractivity contribution in [3.63, 3.8) is 0 Å². The minimum atomic E-state index is 0.212. The molecule has 10 heteroatoms. The van der Waals surface area contributed by atoms with Gasteiger partial charge in [-0.05, 0) is 18.0 Å². The van der Waals surface area contributed by atoms with E-state index in [1.165, 1.54) is 23.1 Å². The maximum absolute atomic E-state index is 5.65. The zero-order chi connectivity index (χ0) is 12.5. The molecule has 0 fully saturated rings. The summed E-state index contributed by atoms with van der Waals surface area (Å²) in [7, 11) is 0. The lowest BCUT2D eigenvalue weighted by Crippen LogP contribution is -1.96. The first-order chi connectivity index (χ1) is 8.76. The summed E-state index contributed by atoms with van der Waals surface area (Å²) in [5.74, 6) is 0.212. The molecule has 0 aliphatic carbocycles.